The van der Waals surface area contributed by atoms with Crippen molar-refractivity contribution in [3.63, 3.8) is 0 Å². The van der Waals surface area contributed by atoms with E-state index in [2.05, 4.69) is 42.3 Å². The van der Waals surface area contributed by atoms with Crippen molar-refractivity contribution in [1.29, 1.82) is 0 Å². The molecule has 0 bridgehead atoms. The molecule has 1 aromatic heterocycles. The highest BCUT2D eigenvalue weighted by atomic mass is 79.9. The van der Waals surface area contributed by atoms with Crippen LogP contribution in [-0.4, -0.2) is 17.0 Å². The monoisotopic (exact) mass is 321 g/mol. The number of nitrogen functional groups attached to an aromatic ring is 1. The molecule has 0 spiro atoms. The second-order valence-corrected chi connectivity index (χ2v) is 5.14. The average Bonchev–Trinajstić information content (AvgIpc) is 2.40. The van der Waals surface area contributed by atoms with Gasteiger partial charge in [0.1, 0.15) is 5.82 Å². The number of nitrogens with zero attached hydrogens (tertiary/aromatic N) is 3. The van der Waals surface area contributed by atoms with Gasteiger partial charge in [-0.1, -0.05) is 34.1 Å². The van der Waals surface area contributed by atoms with Crippen molar-refractivity contribution >= 4 is 27.7 Å². The Labute approximate surface area is 121 Å². The Hall–Kier alpha value is -1.66. The summed E-state index contributed by atoms with van der Waals surface area (Å²) in [6.45, 7) is 2.67. The molecule has 2 aromatic rings. The summed E-state index contributed by atoms with van der Waals surface area (Å²) < 4.78 is 1.09. The van der Waals surface area contributed by atoms with Crippen molar-refractivity contribution < 1.29 is 0 Å². The molecule has 0 amide bonds. The number of halogens is 1. The zero-order valence-electron chi connectivity index (χ0n) is 10.9. The van der Waals surface area contributed by atoms with Gasteiger partial charge in [-0.2, -0.15) is 4.98 Å². The number of nitrogens with two attached hydrogens (primary N) is 1. The van der Waals surface area contributed by atoms with Crippen LogP contribution in [0.3, 0.4) is 0 Å². The van der Waals surface area contributed by atoms with Crippen molar-refractivity contribution in [2.45, 2.75) is 13.5 Å². The summed E-state index contributed by atoms with van der Waals surface area (Å²) in [5, 5.41) is 0. The number of benzene rings is 1. The van der Waals surface area contributed by atoms with Crippen LogP contribution in [0.1, 0.15) is 11.3 Å². The normalized spacial score (nSPS) is 10.3. The molecule has 5 nitrogen and oxygen atoms in total. The molecular weight excluding hydrogens is 306 g/mol. The third-order valence-electron chi connectivity index (χ3n) is 2.73. The third-order valence-corrected chi connectivity index (χ3v) is 3.50. The number of rotatable bonds is 4. The zero-order chi connectivity index (χ0) is 13.8. The third kappa shape index (κ3) is 3.42. The van der Waals surface area contributed by atoms with Crippen molar-refractivity contribution in [1.82, 2.24) is 9.97 Å². The van der Waals surface area contributed by atoms with Gasteiger partial charge in [0.25, 0.3) is 0 Å². The molecule has 0 aliphatic rings. The maximum absolute atomic E-state index is 5.36. The Morgan fingerprint density at radius 3 is 2.74 bits per heavy atom. The van der Waals surface area contributed by atoms with E-state index in [4.69, 9.17) is 5.84 Å². The van der Waals surface area contributed by atoms with E-state index in [0.717, 1.165) is 22.5 Å². The Morgan fingerprint density at radius 2 is 2.05 bits per heavy atom. The molecule has 1 aromatic carbocycles. The maximum atomic E-state index is 5.36. The minimum atomic E-state index is 0.425. The van der Waals surface area contributed by atoms with Crippen LogP contribution in [0, 0.1) is 6.92 Å². The predicted octanol–water partition coefficient (Wildman–Crippen LogP) is 2.47. The molecule has 0 aliphatic heterocycles. The topological polar surface area (TPSA) is 67.1 Å². The van der Waals surface area contributed by atoms with Crippen LogP contribution < -0.4 is 16.2 Å². The molecule has 0 unspecified atom stereocenters. The van der Waals surface area contributed by atoms with E-state index in [1.165, 1.54) is 5.56 Å². The number of nitrogens with one attached hydrogen (secondary N) is 1. The highest BCUT2D eigenvalue weighted by Crippen LogP contribution is 2.20. The van der Waals surface area contributed by atoms with Gasteiger partial charge in [-0.15, -0.1) is 0 Å². The lowest BCUT2D eigenvalue weighted by atomic mass is 10.2. The Balaban J connectivity index is 2.22. The fourth-order valence-corrected chi connectivity index (χ4v) is 2.19. The molecule has 0 aliphatic carbocycles. The first-order valence-electron chi connectivity index (χ1n) is 5.87. The van der Waals surface area contributed by atoms with E-state index in [1.54, 1.807) is 0 Å². The second kappa shape index (κ2) is 5.99. The van der Waals surface area contributed by atoms with E-state index < -0.39 is 0 Å². The van der Waals surface area contributed by atoms with Crippen LogP contribution in [0.5, 0.6) is 0 Å². The van der Waals surface area contributed by atoms with Crippen molar-refractivity contribution in [3.8, 4) is 0 Å². The minimum absolute atomic E-state index is 0.425. The zero-order valence-corrected chi connectivity index (χ0v) is 12.5. The van der Waals surface area contributed by atoms with E-state index in [1.807, 2.05) is 38.2 Å². The van der Waals surface area contributed by atoms with E-state index in [0.29, 0.717) is 5.95 Å². The summed E-state index contributed by atoms with van der Waals surface area (Å²) in [6, 6.07) is 10.1. The van der Waals surface area contributed by atoms with Gasteiger partial charge in [0.2, 0.25) is 5.95 Å². The highest BCUT2D eigenvalue weighted by Gasteiger charge is 2.08. The SMILES string of the molecule is Cc1cc(N(C)Cc2ccccc2Br)nc(NN)n1. The van der Waals surface area contributed by atoms with Gasteiger partial charge >= 0.3 is 0 Å². The average molecular weight is 322 g/mol. The van der Waals surface area contributed by atoms with Crippen molar-refractivity contribution in [2.75, 3.05) is 17.4 Å². The van der Waals surface area contributed by atoms with Gasteiger partial charge in [0, 0.05) is 29.8 Å². The number of anilines is 2. The Bertz CT molecular complexity index is 573. The molecule has 0 saturated carbocycles. The van der Waals surface area contributed by atoms with Crippen LogP contribution in [0.4, 0.5) is 11.8 Å². The van der Waals surface area contributed by atoms with E-state index >= 15 is 0 Å². The summed E-state index contributed by atoms with van der Waals surface area (Å²) in [6.07, 6.45) is 0. The molecule has 3 N–H and O–H groups in total. The maximum Gasteiger partial charge on any atom is 0.239 e. The lowest BCUT2D eigenvalue weighted by molar-refractivity contribution is 0.883. The fourth-order valence-electron chi connectivity index (χ4n) is 1.78. The molecule has 0 fully saturated rings. The first-order valence-corrected chi connectivity index (χ1v) is 6.66. The first kappa shape index (κ1) is 13.8. The molecule has 1 heterocycles. The molecular formula is C13H16BrN5. The first-order chi connectivity index (χ1) is 9.10. The van der Waals surface area contributed by atoms with Gasteiger partial charge in [0.05, 0.1) is 0 Å². The van der Waals surface area contributed by atoms with Crippen LogP contribution in [0.2, 0.25) is 0 Å². The molecule has 6 heteroatoms. The number of hydrazine groups is 1. The van der Waals surface area contributed by atoms with E-state index in [9.17, 15) is 0 Å². The highest BCUT2D eigenvalue weighted by molar-refractivity contribution is 9.10. The van der Waals surface area contributed by atoms with Gasteiger partial charge in [-0.05, 0) is 18.6 Å². The summed E-state index contributed by atoms with van der Waals surface area (Å²) >= 11 is 3.55. The lowest BCUT2D eigenvalue weighted by Gasteiger charge is -2.19. The van der Waals surface area contributed by atoms with E-state index in [-0.39, 0.29) is 0 Å². The molecule has 100 valence electrons. The van der Waals surface area contributed by atoms with Crippen LogP contribution in [-0.2, 0) is 6.54 Å². The molecule has 2 rings (SSSR count). The fraction of sp³-hybridized carbons (Fsp3) is 0.231. The number of aryl methyl sites for hydroxylation is 1. The molecule has 0 saturated heterocycles. The smallest absolute Gasteiger partial charge is 0.239 e. The lowest BCUT2D eigenvalue weighted by Crippen LogP contribution is -2.20. The predicted molar refractivity (Wildman–Crippen MR) is 80.8 cm³/mol. The van der Waals surface area contributed by atoms with Gasteiger partial charge in [-0.3, -0.25) is 5.43 Å². The van der Waals surface area contributed by atoms with Crippen LogP contribution >= 0.6 is 15.9 Å². The summed E-state index contributed by atoms with van der Waals surface area (Å²) in [7, 11) is 1.99. The van der Waals surface area contributed by atoms with Gasteiger partial charge in [-0.25, -0.2) is 10.8 Å². The van der Waals surface area contributed by atoms with Crippen molar-refractivity contribution in [2.24, 2.45) is 5.84 Å². The van der Waals surface area contributed by atoms with Gasteiger partial charge < -0.3 is 4.90 Å². The van der Waals surface area contributed by atoms with Crippen molar-refractivity contribution in [3.05, 3.63) is 46.1 Å². The summed E-state index contributed by atoms with van der Waals surface area (Å²) in [5.74, 6) is 6.62. The number of aromatic nitrogens is 2. The second-order valence-electron chi connectivity index (χ2n) is 4.28. The Morgan fingerprint density at radius 1 is 1.32 bits per heavy atom. The molecule has 19 heavy (non-hydrogen) atoms. The minimum Gasteiger partial charge on any atom is -0.355 e. The number of hydrogen-bond donors (Lipinski definition) is 2. The van der Waals surface area contributed by atoms with Crippen LogP contribution in [0.15, 0.2) is 34.8 Å². The molecule has 0 atom stereocenters. The largest absolute Gasteiger partial charge is 0.355 e. The summed E-state index contributed by atoms with van der Waals surface area (Å²) in [4.78, 5) is 10.6. The standard InChI is InChI=1S/C13H16BrN5/c1-9-7-12(17-13(16-9)18-15)19(2)8-10-5-3-4-6-11(10)14/h3-7H,8,15H2,1-2H3,(H,16,17,18). The number of hydrogen-bond acceptors (Lipinski definition) is 5. The summed E-state index contributed by atoms with van der Waals surface area (Å²) in [5.41, 5.74) is 4.55. The van der Waals surface area contributed by atoms with Crippen LogP contribution in [0.25, 0.3) is 0 Å². The van der Waals surface area contributed by atoms with Gasteiger partial charge in [0.15, 0.2) is 0 Å². The molecule has 0 radical (unpaired) electrons. The quantitative estimate of drug-likeness (QED) is 0.669. The Kier molecular flexibility index (Phi) is 4.34.